The van der Waals surface area contributed by atoms with Crippen LogP contribution in [0.4, 0.5) is 4.79 Å². The molecule has 3 aromatic rings. The molecule has 10 nitrogen and oxygen atoms in total. The molecule has 1 aromatic heterocycles. The summed E-state index contributed by atoms with van der Waals surface area (Å²) in [5.74, 6) is -0.836. The van der Waals surface area contributed by atoms with Crippen LogP contribution in [0.3, 0.4) is 0 Å². The normalized spacial score (nSPS) is 19.4. The van der Waals surface area contributed by atoms with Gasteiger partial charge in [-0.2, -0.15) is 4.31 Å². The van der Waals surface area contributed by atoms with Gasteiger partial charge in [0.25, 0.3) is 5.91 Å². The van der Waals surface area contributed by atoms with E-state index in [1.54, 1.807) is 18.2 Å². The number of sulfonamides is 1. The number of benzene rings is 2. The number of fused-ring (bicyclic) bond motifs is 1. The minimum Gasteiger partial charge on any atom is -0.361 e. The lowest BCUT2D eigenvalue weighted by Gasteiger charge is -2.34. The van der Waals surface area contributed by atoms with Gasteiger partial charge in [0.05, 0.1) is 4.90 Å². The summed E-state index contributed by atoms with van der Waals surface area (Å²) in [5.41, 5.74) is 1.85. The van der Waals surface area contributed by atoms with Crippen molar-refractivity contribution in [3.63, 3.8) is 0 Å². The van der Waals surface area contributed by atoms with Gasteiger partial charge in [0.2, 0.25) is 15.9 Å². The predicted octanol–water partition coefficient (Wildman–Crippen LogP) is 1.16. The highest BCUT2D eigenvalue weighted by Gasteiger charge is 2.40. The second-order valence-electron chi connectivity index (χ2n) is 8.59. The standard InChI is InChI=1S/C24H25N5O5S/c30-22(27-10-12-28(13-11-27)35(33,34)18-6-2-1-3-7-18)16-29-23(31)21(26-24(29)32)14-17-15-25-20-9-5-4-8-19(17)20/h1-9,15,21,25H,10-14,16H2,(H,26,32). The average Bonchev–Trinajstić information content (AvgIpc) is 3.40. The van der Waals surface area contributed by atoms with Gasteiger partial charge < -0.3 is 15.2 Å². The van der Waals surface area contributed by atoms with E-state index in [1.165, 1.54) is 21.3 Å². The summed E-state index contributed by atoms with van der Waals surface area (Å²) in [5, 5.41) is 3.65. The number of hydrogen-bond donors (Lipinski definition) is 2. The van der Waals surface area contributed by atoms with Crippen molar-refractivity contribution in [3.05, 3.63) is 66.4 Å². The summed E-state index contributed by atoms with van der Waals surface area (Å²) in [6, 6.07) is 14.5. The third-order valence-electron chi connectivity index (χ3n) is 6.47. The minimum absolute atomic E-state index is 0.145. The zero-order valence-electron chi connectivity index (χ0n) is 18.9. The molecule has 1 unspecified atom stereocenters. The summed E-state index contributed by atoms with van der Waals surface area (Å²) < 4.78 is 26.9. The molecule has 4 amide bonds. The number of carbonyl (C=O) groups excluding carboxylic acids is 3. The van der Waals surface area contributed by atoms with E-state index >= 15 is 0 Å². The molecule has 5 rings (SSSR count). The number of piperazine rings is 1. The van der Waals surface area contributed by atoms with E-state index in [0.29, 0.717) is 6.42 Å². The Bertz CT molecular complexity index is 1380. The molecule has 3 heterocycles. The quantitative estimate of drug-likeness (QED) is 0.497. The number of nitrogens with one attached hydrogen (secondary N) is 2. The molecule has 0 radical (unpaired) electrons. The molecular weight excluding hydrogens is 470 g/mol. The molecule has 2 N–H and O–H groups in total. The predicted molar refractivity (Wildman–Crippen MR) is 128 cm³/mol. The van der Waals surface area contributed by atoms with Crippen LogP contribution in [0.15, 0.2) is 65.7 Å². The molecule has 2 aliphatic heterocycles. The molecule has 2 saturated heterocycles. The van der Waals surface area contributed by atoms with Crippen molar-refractivity contribution in [2.45, 2.75) is 17.4 Å². The van der Waals surface area contributed by atoms with Gasteiger partial charge in [-0.25, -0.2) is 13.2 Å². The highest BCUT2D eigenvalue weighted by molar-refractivity contribution is 7.89. The first-order chi connectivity index (χ1) is 16.8. The van der Waals surface area contributed by atoms with Crippen LogP contribution in [0.25, 0.3) is 10.9 Å². The molecule has 182 valence electrons. The van der Waals surface area contributed by atoms with Gasteiger partial charge in [-0.05, 0) is 23.8 Å². The lowest BCUT2D eigenvalue weighted by Crippen LogP contribution is -2.53. The lowest BCUT2D eigenvalue weighted by atomic mass is 10.1. The number of hydrogen-bond acceptors (Lipinski definition) is 5. The lowest BCUT2D eigenvalue weighted by molar-refractivity contribution is -0.138. The smallest absolute Gasteiger partial charge is 0.325 e. The van der Waals surface area contributed by atoms with Crippen LogP contribution in [-0.2, 0) is 26.0 Å². The van der Waals surface area contributed by atoms with Gasteiger partial charge in [0.1, 0.15) is 12.6 Å². The fourth-order valence-electron chi connectivity index (χ4n) is 4.54. The number of imide groups is 1. The van der Waals surface area contributed by atoms with Crippen molar-refractivity contribution >= 4 is 38.8 Å². The fraction of sp³-hybridized carbons (Fsp3) is 0.292. The summed E-state index contributed by atoms with van der Waals surface area (Å²) in [7, 11) is -3.63. The molecular formula is C24H25N5O5S. The number of rotatable bonds is 6. The van der Waals surface area contributed by atoms with E-state index in [0.717, 1.165) is 21.4 Å². The number of aromatic nitrogens is 1. The Morgan fingerprint density at radius 1 is 0.943 bits per heavy atom. The van der Waals surface area contributed by atoms with Gasteiger partial charge in [-0.15, -0.1) is 0 Å². The Morgan fingerprint density at radius 3 is 2.37 bits per heavy atom. The molecule has 1 atom stereocenters. The minimum atomic E-state index is -3.63. The monoisotopic (exact) mass is 495 g/mol. The van der Waals surface area contributed by atoms with Crippen LogP contribution in [0.1, 0.15) is 5.56 Å². The maximum atomic E-state index is 12.9. The third kappa shape index (κ3) is 4.40. The molecule has 0 spiro atoms. The van der Waals surface area contributed by atoms with Crippen LogP contribution in [0.5, 0.6) is 0 Å². The van der Waals surface area contributed by atoms with E-state index in [2.05, 4.69) is 10.3 Å². The summed E-state index contributed by atoms with van der Waals surface area (Å²) in [6.45, 7) is 0.291. The number of amides is 4. The number of nitrogens with zero attached hydrogens (tertiary/aromatic N) is 3. The second-order valence-corrected chi connectivity index (χ2v) is 10.5. The van der Waals surface area contributed by atoms with Gasteiger partial charge >= 0.3 is 6.03 Å². The van der Waals surface area contributed by atoms with Crippen molar-refractivity contribution < 1.29 is 22.8 Å². The molecule has 2 aromatic carbocycles. The Labute approximate surface area is 202 Å². The van der Waals surface area contributed by atoms with Crippen LogP contribution < -0.4 is 5.32 Å². The first kappa shape index (κ1) is 23.1. The van der Waals surface area contributed by atoms with Crippen molar-refractivity contribution in [2.24, 2.45) is 0 Å². The van der Waals surface area contributed by atoms with Crippen LogP contribution >= 0.6 is 0 Å². The first-order valence-electron chi connectivity index (χ1n) is 11.3. The van der Waals surface area contributed by atoms with Crippen LogP contribution in [0, 0.1) is 0 Å². The Kier molecular flexibility index (Phi) is 6.03. The average molecular weight is 496 g/mol. The highest BCUT2D eigenvalue weighted by Crippen LogP contribution is 2.22. The van der Waals surface area contributed by atoms with Crippen molar-refractivity contribution in [1.82, 2.24) is 24.4 Å². The van der Waals surface area contributed by atoms with E-state index in [1.807, 2.05) is 30.5 Å². The van der Waals surface area contributed by atoms with E-state index in [9.17, 15) is 22.8 Å². The van der Waals surface area contributed by atoms with Gasteiger partial charge in [-0.1, -0.05) is 36.4 Å². The van der Waals surface area contributed by atoms with E-state index < -0.39 is 33.9 Å². The summed E-state index contributed by atoms with van der Waals surface area (Å²) in [6.07, 6.45) is 2.14. The molecule has 2 aliphatic rings. The molecule has 0 aliphatic carbocycles. The summed E-state index contributed by atoms with van der Waals surface area (Å²) >= 11 is 0. The third-order valence-corrected chi connectivity index (χ3v) is 8.38. The Hall–Kier alpha value is -3.70. The number of H-pyrrole nitrogens is 1. The second kappa shape index (κ2) is 9.16. The topological polar surface area (TPSA) is 123 Å². The molecule has 11 heteroatoms. The maximum absolute atomic E-state index is 12.9. The number of aromatic amines is 1. The van der Waals surface area contributed by atoms with Gasteiger partial charge in [0.15, 0.2) is 0 Å². The molecule has 35 heavy (non-hydrogen) atoms. The molecule has 0 bridgehead atoms. The summed E-state index contributed by atoms with van der Waals surface area (Å²) in [4.78, 5) is 44.0. The van der Waals surface area contributed by atoms with Crippen molar-refractivity contribution in [1.29, 1.82) is 0 Å². The molecule has 0 saturated carbocycles. The van der Waals surface area contributed by atoms with Crippen LogP contribution in [0.2, 0.25) is 0 Å². The van der Waals surface area contributed by atoms with E-state index in [4.69, 9.17) is 0 Å². The SMILES string of the molecule is O=C(CN1C(=O)NC(Cc2c[nH]c3ccccc23)C1=O)N1CCN(S(=O)(=O)c2ccccc2)CC1. The number of urea groups is 1. The van der Waals surface area contributed by atoms with Crippen molar-refractivity contribution in [3.8, 4) is 0 Å². The van der Waals surface area contributed by atoms with Gasteiger partial charge in [0, 0.05) is 49.7 Å². The molecule has 2 fully saturated rings. The number of carbonyl (C=O) groups is 3. The fourth-order valence-corrected chi connectivity index (χ4v) is 5.98. The largest absolute Gasteiger partial charge is 0.361 e. The first-order valence-corrected chi connectivity index (χ1v) is 12.8. The van der Waals surface area contributed by atoms with Crippen LogP contribution in [-0.4, -0.2) is 84.1 Å². The highest BCUT2D eigenvalue weighted by atomic mass is 32.2. The van der Waals surface area contributed by atoms with Gasteiger partial charge in [-0.3, -0.25) is 14.5 Å². The number of para-hydroxylation sites is 1. The Balaban J connectivity index is 1.19. The maximum Gasteiger partial charge on any atom is 0.325 e. The Morgan fingerprint density at radius 2 is 1.63 bits per heavy atom. The zero-order valence-corrected chi connectivity index (χ0v) is 19.7. The van der Waals surface area contributed by atoms with Crippen molar-refractivity contribution in [2.75, 3.05) is 32.7 Å². The zero-order chi connectivity index (χ0) is 24.6. The van der Waals surface area contributed by atoms with E-state index in [-0.39, 0.29) is 37.6 Å².